The Morgan fingerprint density at radius 1 is 1.22 bits per heavy atom. The first-order chi connectivity index (χ1) is 15.3. The average molecular weight is 462 g/mol. The molecular weight excluding hydrogens is 440 g/mol. The van der Waals surface area contributed by atoms with E-state index in [2.05, 4.69) is 15.0 Å². The minimum Gasteiger partial charge on any atom is -0.356 e. The van der Waals surface area contributed by atoms with Gasteiger partial charge in [-0.3, -0.25) is 9.48 Å². The highest BCUT2D eigenvalue weighted by Crippen LogP contribution is 2.48. The molecule has 1 amide bonds. The van der Waals surface area contributed by atoms with Gasteiger partial charge in [-0.1, -0.05) is 11.6 Å². The van der Waals surface area contributed by atoms with Crippen LogP contribution in [0.25, 0.3) is 11.2 Å². The van der Waals surface area contributed by atoms with Crippen LogP contribution in [-0.4, -0.2) is 67.6 Å². The first-order valence-electron chi connectivity index (χ1n) is 10.8. The first-order valence-corrected chi connectivity index (χ1v) is 11.2. The number of nitrogens with one attached hydrogen (secondary N) is 1. The second kappa shape index (κ2) is 6.87. The Kier molecular flexibility index (Phi) is 4.27. The maximum atomic E-state index is 13.2. The van der Waals surface area contributed by atoms with Crippen molar-refractivity contribution < 1.29 is 13.6 Å². The molecule has 3 aromatic heterocycles. The van der Waals surface area contributed by atoms with E-state index in [4.69, 9.17) is 21.6 Å². The Balaban J connectivity index is 1.22. The summed E-state index contributed by atoms with van der Waals surface area (Å²) in [5, 5.41) is 4.95. The molecule has 0 radical (unpaired) electrons. The van der Waals surface area contributed by atoms with Crippen LogP contribution in [-0.2, 0) is 10.3 Å². The number of carbonyl (C=O) groups excluding carboxylic acids is 1. The Morgan fingerprint density at radius 2 is 2.03 bits per heavy atom. The maximum Gasteiger partial charge on any atom is 0.282 e. The third-order valence-corrected chi connectivity index (χ3v) is 6.93. The topological polar surface area (TPSA) is 82.9 Å². The van der Waals surface area contributed by atoms with Crippen LogP contribution in [0.5, 0.6) is 0 Å². The molecule has 3 fully saturated rings. The second-order valence-electron chi connectivity index (χ2n) is 9.10. The quantitative estimate of drug-likeness (QED) is 0.645. The van der Waals surface area contributed by atoms with Crippen molar-refractivity contribution in [3.63, 3.8) is 0 Å². The molecule has 0 aromatic carbocycles. The summed E-state index contributed by atoms with van der Waals surface area (Å²) in [6.07, 6.45) is 6.79. The number of piperidine rings is 1. The van der Waals surface area contributed by atoms with E-state index in [1.54, 1.807) is 12.4 Å². The van der Waals surface area contributed by atoms with E-state index in [9.17, 15) is 13.6 Å². The molecule has 3 aliphatic rings. The Labute approximate surface area is 187 Å². The minimum atomic E-state index is -2.74. The van der Waals surface area contributed by atoms with Gasteiger partial charge in [-0.15, -0.1) is 0 Å². The Bertz CT molecular complexity index is 1200. The predicted octanol–water partition coefficient (Wildman–Crippen LogP) is 3.04. The zero-order valence-electron chi connectivity index (χ0n) is 17.3. The van der Waals surface area contributed by atoms with Crippen molar-refractivity contribution in [3.05, 3.63) is 35.4 Å². The Morgan fingerprint density at radius 3 is 2.72 bits per heavy atom. The van der Waals surface area contributed by atoms with E-state index >= 15 is 0 Å². The van der Waals surface area contributed by atoms with Gasteiger partial charge in [-0.25, -0.2) is 18.7 Å². The highest BCUT2D eigenvalue weighted by molar-refractivity contribution is 6.30. The summed E-state index contributed by atoms with van der Waals surface area (Å²) in [6.45, 7) is 0.315. The van der Waals surface area contributed by atoms with Crippen molar-refractivity contribution in [1.29, 1.82) is 0 Å². The molecule has 168 valence electrons. The van der Waals surface area contributed by atoms with E-state index in [0.29, 0.717) is 23.6 Å². The van der Waals surface area contributed by atoms with Crippen molar-refractivity contribution in [2.24, 2.45) is 5.92 Å². The van der Waals surface area contributed by atoms with Crippen molar-refractivity contribution in [3.8, 4) is 0 Å². The smallest absolute Gasteiger partial charge is 0.282 e. The third kappa shape index (κ3) is 3.23. The van der Waals surface area contributed by atoms with Crippen molar-refractivity contribution in [2.75, 3.05) is 31.1 Å². The molecule has 11 heteroatoms. The fourth-order valence-corrected chi connectivity index (χ4v) is 4.96. The lowest BCUT2D eigenvalue weighted by Crippen LogP contribution is -2.60. The summed E-state index contributed by atoms with van der Waals surface area (Å²) in [4.78, 5) is 28.8. The number of nitrogens with zero attached hydrogens (tertiary/aromatic N) is 6. The minimum absolute atomic E-state index is 0.183. The van der Waals surface area contributed by atoms with E-state index in [-0.39, 0.29) is 17.4 Å². The molecule has 1 N–H and O–H groups in total. The number of anilines is 1. The zero-order valence-corrected chi connectivity index (χ0v) is 18.0. The average Bonchev–Trinajstić information content (AvgIpc) is 3.26. The number of alkyl halides is 2. The number of carbonyl (C=O) groups is 1. The third-order valence-electron chi connectivity index (χ3n) is 6.74. The van der Waals surface area contributed by atoms with Crippen LogP contribution in [0.4, 0.5) is 14.6 Å². The van der Waals surface area contributed by atoms with Gasteiger partial charge in [0.15, 0.2) is 5.65 Å². The standard InChI is InChI=1S/C21H22ClF2N7O/c22-14-8-25-31(10-14)20(5-6-20)19-26-15-3-4-16(27-17(15)28-19)29-7-1-2-13(9-29)18(32)30-11-21(23,24)12-30/h3-4,8,10,13H,1-2,5-7,9,11-12H2,(H,26,27,28). The molecule has 8 nitrogen and oxygen atoms in total. The second-order valence-corrected chi connectivity index (χ2v) is 9.53. The summed E-state index contributed by atoms with van der Waals surface area (Å²) < 4.78 is 28.2. The van der Waals surface area contributed by atoms with Gasteiger partial charge in [0.1, 0.15) is 17.2 Å². The van der Waals surface area contributed by atoms with Crippen LogP contribution in [0.3, 0.4) is 0 Å². The molecule has 3 aromatic rings. The van der Waals surface area contributed by atoms with Gasteiger partial charge in [0.25, 0.3) is 5.92 Å². The summed E-state index contributed by atoms with van der Waals surface area (Å²) in [6, 6.07) is 3.86. The van der Waals surface area contributed by atoms with E-state index in [0.717, 1.165) is 43.0 Å². The molecule has 1 unspecified atom stereocenters. The van der Waals surface area contributed by atoms with Crippen molar-refractivity contribution in [2.45, 2.75) is 37.1 Å². The molecule has 1 atom stereocenters. The number of rotatable bonds is 4. The molecule has 0 spiro atoms. The molecule has 2 saturated heterocycles. The van der Waals surface area contributed by atoms with Gasteiger partial charge >= 0.3 is 0 Å². The normalized spacial score (nSPS) is 23.9. The Hall–Kier alpha value is -2.75. The number of likely N-dealkylation sites (tertiary alicyclic amines) is 1. The number of H-pyrrole nitrogens is 1. The molecule has 6 rings (SSSR count). The van der Waals surface area contributed by atoms with E-state index in [1.165, 1.54) is 4.90 Å². The summed E-state index contributed by atoms with van der Waals surface area (Å²) in [5.74, 6) is -1.66. The number of imidazole rings is 1. The van der Waals surface area contributed by atoms with Gasteiger partial charge in [-0.2, -0.15) is 5.10 Å². The fraction of sp³-hybridized carbons (Fsp3) is 0.524. The highest BCUT2D eigenvalue weighted by Gasteiger charge is 2.50. The van der Waals surface area contributed by atoms with Crippen LogP contribution >= 0.6 is 11.6 Å². The molecule has 1 saturated carbocycles. The number of halogens is 3. The van der Waals surface area contributed by atoms with Gasteiger partial charge in [-0.05, 0) is 37.8 Å². The molecule has 32 heavy (non-hydrogen) atoms. The van der Waals surface area contributed by atoms with Crippen LogP contribution < -0.4 is 4.90 Å². The fourth-order valence-electron chi connectivity index (χ4n) is 4.82. The van der Waals surface area contributed by atoms with Crippen molar-refractivity contribution >= 4 is 34.5 Å². The van der Waals surface area contributed by atoms with Crippen molar-refractivity contribution in [1.82, 2.24) is 29.6 Å². The molecule has 2 aliphatic heterocycles. The molecule has 1 aliphatic carbocycles. The van der Waals surface area contributed by atoms with E-state index < -0.39 is 19.0 Å². The monoisotopic (exact) mass is 461 g/mol. The van der Waals surface area contributed by atoms with Crippen LogP contribution in [0.2, 0.25) is 5.02 Å². The number of aromatic amines is 1. The number of hydrogen-bond acceptors (Lipinski definition) is 5. The number of fused-ring (bicyclic) bond motifs is 1. The van der Waals surface area contributed by atoms with Crippen LogP contribution in [0.15, 0.2) is 24.5 Å². The van der Waals surface area contributed by atoms with Gasteiger partial charge < -0.3 is 14.8 Å². The predicted molar refractivity (Wildman–Crippen MR) is 114 cm³/mol. The summed E-state index contributed by atoms with van der Waals surface area (Å²) in [7, 11) is 0. The zero-order chi connectivity index (χ0) is 22.1. The van der Waals surface area contributed by atoms with E-state index in [1.807, 2.05) is 16.8 Å². The van der Waals surface area contributed by atoms with Gasteiger partial charge in [0.2, 0.25) is 5.91 Å². The first kappa shape index (κ1) is 19.9. The molecular formula is C21H22ClF2N7O. The summed E-state index contributed by atoms with van der Waals surface area (Å²) in [5.41, 5.74) is 1.13. The van der Waals surface area contributed by atoms with Crippen LogP contribution in [0, 0.1) is 5.92 Å². The number of hydrogen-bond donors (Lipinski definition) is 1. The number of aromatic nitrogens is 5. The highest BCUT2D eigenvalue weighted by atomic mass is 35.5. The van der Waals surface area contributed by atoms with Gasteiger partial charge in [0, 0.05) is 19.3 Å². The summed E-state index contributed by atoms with van der Waals surface area (Å²) >= 11 is 6.05. The largest absolute Gasteiger partial charge is 0.356 e. The van der Waals surface area contributed by atoms with Gasteiger partial charge in [0.05, 0.1) is 35.7 Å². The lowest BCUT2D eigenvalue weighted by atomic mass is 9.94. The maximum absolute atomic E-state index is 13.2. The number of amides is 1. The SMILES string of the molecule is O=C(C1CCCN(c2ccc3[nH]c(C4(n5cc(Cl)cn5)CC4)nc3n2)C1)N1CC(F)(F)C1. The molecule has 0 bridgehead atoms. The lowest BCUT2D eigenvalue weighted by molar-refractivity contribution is -0.169. The van der Waals surface area contributed by atoms with Crippen LogP contribution in [0.1, 0.15) is 31.5 Å². The molecule has 5 heterocycles. The lowest BCUT2D eigenvalue weighted by Gasteiger charge is -2.42. The number of pyridine rings is 1.